The summed E-state index contributed by atoms with van der Waals surface area (Å²) in [4.78, 5) is 0. The van der Waals surface area contributed by atoms with E-state index >= 15 is 0 Å². The summed E-state index contributed by atoms with van der Waals surface area (Å²) in [6, 6.07) is 43.8. The van der Waals surface area contributed by atoms with Gasteiger partial charge in [-0.25, -0.2) is 0 Å². The third-order valence-electron chi connectivity index (χ3n) is 5.99. The lowest BCUT2D eigenvalue weighted by Crippen LogP contribution is -1.73. The van der Waals surface area contributed by atoms with Gasteiger partial charge in [-0.2, -0.15) is 0 Å². The fraction of sp³-hybridized carbons (Fsp3) is 0. The molecule has 0 aromatic heterocycles. The average molecular weight is 380 g/mol. The lowest BCUT2D eigenvalue weighted by molar-refractivity contribution is 1.77. The lowest BCUT2D eigenvalue weighted by Gasteiger charge is -2.00. The second-order valence-corrected chi connectivity index (χ2v) is 7.84. The highest BCUT2D eigenvalue weighted by molar-refractivity contribution is 6.00. The monoisotopic (exact) mass is 380 g/mol. The maximum absolute atomic E-state index is 2.37. The third kappa shape index (κ3) is 2.77. The van der Waals surface area contributed by atoms with Gasteiger partial charge in [0.15, 0.2) is 0 Å². The Morgan fingerprint density at radius 2 is 0.567 bits per heavy atom. The predicted molar refractivity (Wildman–Crippen MR) is 127 cm³/mol. The first-order chi connectivity index (χ1) is 14.9. The molecule has 0 spiro atoms. The Morgan fingerprint density at radius 1 is 0.233 bits per heavy atom. The Morgan fingerprint density at radius 3 is 0.933 bits per heavy atom. The molecule has 0 nitrogen and oxygen atoms in total. The van der Waals surface area contributed by atoms with E-state index in [1.54, 1.807) is 0 Å². The zero-order chi connectivity index (χ0) is 19.9. The Kier molecular flexibility index (Phi) is 3.89. The minimum atomic E-state index is 1.28. The largest absolute Gasteiger partial charge is 0.0622 e. The molecule has 0 unspecified atom stereocenters. The molecular weight excluding hydrogens is 360 g/mol. The van der Waals surface area contributed by atoms with Crippen LogP contribution in [0.1, 0.15) is 0 Å². The van der Waals surface area contributed by atoms with Gasteiger partial charge in [-0.15, -0.1) is 0 Å². The molecule has 0 heterocycles. The Balaban J connectivity index is 1.60. The Labute approximate surface area is 177 Å². The molecule has 0 aromatic rings. The molecule has 0 saturated heterocycles. The van der Waals surface area contributed by atoms with Gasteiger partial charge in [-0.1, -0.05) is 91.0 Å². The summed E-state index contributed by atoms with van der Waals surface area (Å²) in [7, 11) is 0. The Bertz CT molecular complexity index is 1230. The maximum Gasteiger partial charge on any atom is -0.00984 e. The van der Waals surface area contributed by atoms with E-state index in [-0.39, 0.29) is 0 Å². The van der Waals surface area contributed by atoms with Crippen molar-refractivity contribution in [3.63, 3.8) is 0 Å². The van der Waals surface area contributed by atoms with Gasteiger partial charge in [0, 0.05) is 0 Å². The van der Waals surface area contributed by atoms with Gasteiger partial charge in [-0.3, -0.25) is 0 Å². The lowest BCUT2D eigenvalue weighted by atomic mass is 10.0. The van der Waals surface area contributed by atoms with Crippen LogP contribution in [0.4, 0.5) is 0 Å². The average Bonchev–Trinajstić information content (AvgIpc) is 3.25. The molecule has 0 fully saturated rings. The molecule has 0 N–H and O–H groups in total. The van der Waals surface area contributed by atoms with Crippen LogP contribution >= 0.6 is 0 Å². The van der Waals surface area contributed by atoms with Gasteiger partial charge in [0.2, 0.25) is 0 Å². The van der Waals surface area contributed by atoms with Gasteiger partial charge in [0.1, 0.15) is 0 Å². The smallest absolute Gasteiger partial charge is 0.00984 e. The SMILES string of the molecule is c1ccc2cc(-c3cc(-c4cc5cccccc-5c4)c4cccccc3-4)cc-2cc1. The van der Waals surface area contributed by atoms with E-state index in [0.29, 0.717) is 0 Å². The van der Waals surface area contributed by atoms with Crippen LogP contribution in [-0.2, 0) is 0 Å². The quantitative estimate of drug-likeness (QED) is 0.283. The van der Waals surface area contributed by atoms with Crippen molar-refractivity contribution in [2.45, 2.75) is 0 Å². The molecule has 0 bridgehead atoms. The highest BCUT2D eigenvalue weighted by Crippen LogP contribution is 2.46. The molecule has 0 amide bonds. The maximum atomic E-state index is 2.37. The normalized spacial score (nSPS) is 11.3. The van der Waals surface area contributed by atoms with Crippen LogP contribution in [0.2, 0.25) is 0 Å². The number of fused-ring (bicyclic) bond motifs is 3. The summed E-state index contributed by atoms with van der Waals surface area (Å²) in [5.74, 6) is 0. The molecule has 0 atom stereocenters. The first-order valence-electron chi connectivity index (χ1n) is 10.4. The van der Waals surface area contributed by atoms with Crippen LogP contribution in [-0.4, -0.2) is 0 Å². The third-order valence-corrected chi connectivity index (χ3v) is 5.99. The van der Waals surface area contributed by atoms with Crippen LogP contribution in [0, 0.1) is 0 Å². The van der Waals surface area contributed by atoms with E-state index in [9.17, 15) is 0 Å². The number of hydrogen-bond acceptors (Lipinski definition) is 0. The van der Waals surface area contributed by atoms with Crippen LogP contribution < -0.4 is 0 Å². The molecule has 6 rings (SSSR count). The summed E-state index contributed by atoms with van der Waals surface area (Å²) >= 11 is 0. The van der Waals surface area contributed by atoms with E-state index < -0.39 is 0 Å². The number of rotatable bonds is 2. The highest BCUT2D eigenvalue weighted by Gasteiger charge is 2.20. The first-order valence-corrected chi connectivity index (χ1v) is 10.4. The molecule has 6 aliphatic carbocycles. The van der Waals surface area contributed by atoms with E-state index in [0.717, 1.165) is 0 Å². The van der Waals surface area contributed by atoms with Crippen LogP contribution in [0.5, 0.6) is 0 Å². The Hall–Kier alpha value is -3.90. The summed E-state index contributed by atoms with van der Waals surface area (Å²) < 4.78 is 0. The molecule has 6 aliphatic rings. The second kappa shape index (κ2) is 6.86. The van der Waals surface area contributed by atoms with E-state index in [1.807, 2.05) is 0 Å². The summed E-state index contributed by atoms with van der Waals surface area (Å²) in [6.07, 6.45) is 0. The van der Waals surface area contributed by atoms with Gasteiger partial charge in [-0.05, 0) is 86.0 Å². The summed E-state index contributed by atoms with van der Waals surface area (Å²) in [5, 5.41) is 0. The predicted octanol–water partition coefficient (Wildman–Crippen LogP) is 8.34. The van der Waals surface area contributed by atoms with Crippen molar-refractivity contribution in [2.24, 2.45) is 0 Å². The van der Waals surface area contributed by atoms with Gasteiger partial charge in [0.25, 0.3) is 0 Å². The van der Waals surface area contributed by atoms with E-state index in [2.05, 4.69) is 121 Å². The zero-order valence-corrected chi connectivity index (χ0v) is 16.5. The topological polar surface area (TPSA) is 0 Å². The fourth-order valence-electron chi connectivity index (χ4n) is 4.53. The van der Waals surface area contributed by atoms with Gasteiger partial charge in [0.05, 0.1) is 0 Å². The standard InChI is InChI=1S/C30H20/c1-4-10-21-16-25(17-22(21)11-5-1)29-20-30(28-15-9-3-8-14-27(28)29)26-18-23-12-6-2-7-13-24(23)19-26/h1-20H. The van der Waals surface area contributed by atoms with Gasteiger partial charge >= 0.3 is 0 Å². The van der Waals surface area contributed by atoms with Crippen molar-refractivity contribution in [3.05, 3.63) is 121 Å². The van der Waals surface area contributed by atoms with Crippen molar-refractivity contribution < 1.29 is 0 Å². The number of hydrogen-bond donors (Lipinski definition) is 0. The minimum Gasteiger partial charge on any atom is -0.0622 e. The molecule has 140 valence electrons. The van der Waals surface area contributed by atoms with Crippen molar-refractivity contribution in [3.8, 4) is 55.6 Å². The molecular formula is C30H20. The minimum absolute atomic E-state index is 1.28. The van der Waals surface area contributed by atoms with Crippen molar-refractivity contribution in [1.82, 2.24) is 0 Å². The van der Waals surface area contributed by atoms with Gasteiger partial charge < -0.3 is 0 Å². The summed E-state index contributed by atoms with van der Waals surface area (Å²) in [6.45, 7) is 0. The zero-order valence-electron chi connectivity index (χ0n) is 16.5. The first kappa shape index (κ1) is 17.0. The second-order valence-electron chi connectivity index (χ2n) is 7.84. The van der Waals surface area contributed by atoms with Crippen LogP contribution in [0.3, 0.4) is 0 Å². The molecule has 30 heavy (non-hydrogen) atoms. The highest BCUT2D eigenvalue weighted by atomic mass is 14.2. The van der Waals surface area contributed by atoms with Crippen molar-refractivity contribution in [1.29, 1.82) is 0 Å². The molecule has 0 saturated carbocycles. The molecule has 0 aliphatic heterocycles. The molecule has 0 aromatic carbocycles. The molecule has 0 radical (unpaired) electrons. The van der Waals surface area contributed by atoms with Crippen molar-refractivity contribution in [2.75, 3.05) is 0 Å². The van der Waals surface area contributed by atoms with E-state index in [1.165, 1.54) is 55.6 Å². The van der Waals surface area contributed by atoms with Crippen LogP contribution in [0.25, 0.3) is 55.6 Å². The van der Waals surface area contributed by atoms with E-state index in [4.69, 9.17) is 0 Å². The van der Waals surface area contributed by atoms with Crippen molar-refractivity contribution >= 4 is 0 Å². The summed E-state index contributed by atoms with van der Waals surface area (Å²) in [5.41, 5.74) is 12.8. The van der Waals surface area contributed by atoms with Crippen LogP contribution in [0.15, 0.2) is 121 Å². The molecule has 0 heteroatoms. The fourth-order valence-corrected chi connectivity index (χ4v) is 4.53.